The van der Waals surface area contributed by atoms with E-state index in [2.05, 4.69) is 20.8 Å². The van der Waals surface area contributed by atoms with Crippen molar-refractivity contribution in [1.82, 2.24) is 20.8 Å². The molecule has 2 amide bonds. The summed E-state index contributed by atoms with van der Waals surface area (Å²) in [6.07, 6.45) is 3.55. The van der Waals surface area contributed by atoms with Crippen molar-refractivity contribution in [3.8, 4) is 0 Å². The summed E-state index contributed by atoms with van der Waals surface area (Å²) in [6, 6.07) is -0.377. The summed E-state index contributed by atoms with van der Waals surface area (Å²) in [6.45, 7) is 2.59. The van der Waals surface area contributed by atoms with Crippen LogP contribution in [0.1, 0.15) is 17.7 Å². The lowest BCUT2D eigenvalue weighted by molar-refractivity contribution is -0.122. The Morgan fingerprint density at radius 3 is 3.11 bits per heavy atom. The van der Waals surface area contributed by atoms with Gasteiger partial charge in [0.05, 0.1) is 6.20 Å². The molecule has 1 saturated heterocycles. The van der Waals surface area contributed by atoms with Gasteiger partial charge < -0.3 is 10.6 Å². The molecule has 1 aliphatic heterocycles. The first kappa shape index (κ1) is 12.9. The number of hydrogen-bond donors (Lipinski definition) is 3. The Morgan fingerprint density at radius 2 is 2.50 bits per heavy atom. The van der Waals surface area contributed by atoms with Crippen LogP contribution in [-0.2, 0) is 11.2 Å². The average Bonchev–Trinajstić information content (AvgIpc) is 2.94. The summed E-state index contributed by atoms with van der Waals surface area (Å²) >= 11 is 1.15. The summed E-state index contributed by atoms with van der Waals surface area (Å²) in [5, 5.41) is 12.1. The maximum atomic E-state index is 11.7. The quantitative estimate of drug-likeness (QED) is 0.682. The van der Waals surface area contributed by atoms with E-state index >= 15 is 0 Å². The fourth-order valence-electron chi connectivity index (χ4n) is 1.77. The van der Waals surface area contributed by atoms with E-state index in [1.54, 1.807) is 0 Å². The van der Waals surface area contributed by atoms with E-state index in [0.29, 0.717) is 12.3 Å². The number of H-pyrrole nitrogens is 1. The largest absolute Gasteiger partial charge is 0.354 e. The zero-order valence-corrected chi connectivity index (χ0v) is 11.0. The van der Waals surface area contributed by atoms with Gasteiger partial charge in [0.2, 0.25) is 5.91 Å². The molecule has 2 heterocycles. The van der Waals surface area contributed by atoms with E-state index < -0.39 is 0 Å². The fourth-order valence-corrected chi connectivity index (χ4v) is 2.55. The average molecular weight is 268 g/mol. The van der Waals surface area contributed by atoms with Crippen molar-refractivity contribution >= 4 is 22.9 Å². The molecule has 1 fully saturated rings. The minimum Gasteiger partial charge on any atom is -0.354 e. The van der Waals surface area contributed by atoms with E-state index in [9.17, 15) is 9.59 Å². The highest BCUT2D eigenvalue weighted by Gasteiger charge is 2.27. The number of carbonyl (C=O) groups excluding carboxylic acids is 2. The molecule has 1 atom stereocenters. The molecule has 3 N–H and O–H groups in total. The number of amides is 2. The van der Waals surface area contributed by atoms with Crippen molar-refractivity contribution in [3.05, 3.63) is 17.5 Å². The molecule has 1 aliphatic rings. The first-order valence-corrected chi connectivity index (χ1v) is 6.85. The van der Waals surface area contributed by atoms with Gasteiger partial charge in [0.25, 0.3) is 5.24 Å². The molecular weight excluding hydrogens is 252 g/mol. The van der Waals surface area contributed by atoms with Gasteiger partial charge in [-0.05, 0) is 25.3 Å². The van der Waals surface area contributed by atoms with Crippen LogP contribution in [0.4, 0.5) is 4.79 Å². The van der Waals surface area contributed by atoms with Crippen molar-refractivity contribution in [2.45, 2.75) is 25.8 Å². The van der Waals surface area contributed by atoms with Crippen LogP contribution in [0.3, 0.4) is 0 Å². The molecular formula is C11H16N4O2S. The lowest BCUT2D eigenvalue weighted by atomic mass is 10.1. The van der Waals surface area contributed by atoms with Gasteiger partial charge in [0.1, 0.15) is 6.04 Å². The highest BCUT2D eigenvalue weighted by atomic mass is 32.2. The second-order valence-corrected chi connectivity index (χ2v) is 5.20. The third-order valence-electron chi connectivity index (χ3n) is 2.85. The van der Waals surface area contributed by atoms with Gasteiger partial charge in [-0.25, -0.2) is 0 Å². The Hall–Kier alpha value is -1.50. The van der Waals surface area contributed by atoms with Crippen molar-refractivity contribution in [1.29, 1.82) is 0 Å². The van der Waals surface area contributed by atoms with Crippen molar-refractivity contribution in [2.75, 3.05) is 12.3 Å². The second kappa shape index (κ2) is 5.90. The molecule has 0 saturated carbocycles. The van der Waals surface area contributed by atoms with Crippen LogP contribution in [-0.4, -0.2) is 39.7 Å². The number of rotatable bonds is 5. The molecule has 18 heavy (non-hydrogen) atoms. The standard InChI is InChI=1S/C11H16N4O2S/c1-7-8(5-13-15-7)3-2-4-12-10(16)9-6-18-11(17)14-9/h5,9H,2-4,6H2,1H3,(H,12,16)(H,13,15)(H,14,17). The van der Waals surface area contributed by atoms with E-state index in [4.69, 9.17) is 0 Å². The number of carbonyl (C=O) groups is 2. The Labute approximate surface area is 109 Å². The Bertz CT molecular complexity index is 446. The maximum Gasteiger partial charge on any atom is 0.279 e. The lowest BCUT2D eigenvalue weighted by Crippen LogP contribution is -2.43. The van der Waals surface area contributed by atoms with Gasteiger partial charge in [-0.3, -0.25) is 14.7 Å². The van der Waals surface area contributed by atoms with E-state index in [0.717, 1.165) is 30.3 Å². The van der Waals surface area contributed by atoms with Crippen molar-refractivity contribution in [2.24, 2.45) is 0 Å². The molecule has 6 nitrogen and oxygen atoms in total. The Morgan fingerprint density at radius 1 is 1.67 bits per heavy atom. The first-order valence-electron chi connectivity index (χ1n) is 5.86. The highest BCUT2D eigenvalue weighted by molar-refractivity contribution is 8.14. The molecule has 1 unspecified atom stereocenters. The number of hydrogen-bond acceptors (Lipinski definition) is 4. The molecule has 7 heteroatoms. The summed E-state index contributed by atoms with van der Waals surface area (Å²) in [4.78, 5) is 22.6. The lowest BCUT2D eigenvalue weighted by Gasteiger charge is -2.09. The van der Waals surface area contributed by atoms with E-state index in [1.807, 2.05) is 13.1 Å². The van der Waals surface area contributed by atoms with Gasteiger partial charge in [0, 0.05) is 18.0 Å². The van der Waals surface area contributed by atoms with Crippen LogP contribution in [0.25, 0.3) is 0 Å². The van der Waals surface area contributed by atoms with Crippen molar-refractivity contribution in [3.63, 3.8) is 0 Å². The van der Waals surface area contributed by atoms with Crippen LogP contribution in [0, 0.1) is 6.92 Å². The van der Waals surface area contributed by atoms with E-state index in [-0.39, 0.29) is 17.2 Å². The van der Waals surface area contributed by atoms with Crippen molar-refractivity contribution < 1.29 is 9.59 Å². The second-order valence-electron chi connectivity index (χ2n) is 4.21. The number of aryl methyl sites for hydroxylation is 2. The number of nitrogens with zero attached hydrogens (tertiary/aromatic N) is 1. The molecule has 0 aromatic carbocycles. The number of aromatic amines is 1. The van der Waals surface area contributed by atoms with Gasteiger partial charge in [-0.15, -0.1) is 0 Å². The van der Waals surface area contributed by atoms with Crippen LogP contribution in [0.2, 0.25) is 0 Å². The molecule has 2 rings (SSSR count). The van der Waals surface area contributed by atoms with Gasteiger partial charge in [-0.2, -0.15) is 5.10 Å². The predicted octanol–water partition coefficient (Wildman–Crippen LogP) is 0.592. The maximum absolute atomic E-state index is 11.7. The van der Waals surface area contributed by atoms with Crippen LogP contribution >= 0.6 is 11.8 Å². The Balaban J connectivity index is 1.65. The fraction of sp³-hybridized carbons (Fsp3) is 0.545. The predicted molar refractivity (Wildman–Crippen MR) is 69.4 cm³/mol. The van der Waals surface area contributed by atoms with Gasteiger partial charge >= 0.3 is 0 Å². The molecule has 1 aromatic heterocycles. The summed E-state index contributed by atoms with van der Waals surface area (Å²) in [5.41, 5.74) is 2.25. The normalized spacial score (nSPS) is 18.7. The highest BCUT2D eigenvalue weighted by Crippen LogP contribution is 2.12. The molecule has 1 aromatic rings. The topological polar surface area (TPSA) is 86.9 Å². The third kappa shape index (κ3) is 3.25. The minimum absolute atomic E-state index is 0.0998. The smallest absolute Gasteiger partial charge is 0.279 e. The van der Waals surface area contributed by atoms with Crippen LogP contribution in [0.5, 0.6) is 0 Å². The molecule has 0 spiro atoms. The zero-order chi connectivity index (χ0) is 13.0. The van der Waals surface area contributed by atoms with Crippen LogP contribution < -0.4 is 10.6 Å². The summed E-state index contributed by atoms with van der Waals surface area (Å²) in [5.74, 6) is 0.420. The molecule has 0 bridgehead atoms. The van der Waals surface area contributed by atoms with Crippen LogP contribution in [0.15, 0.2) is 6.20 Å². The number of nitrogens with one attached hydrogen (secondary N) is 3. The Kier molecular flexibility index (Phi) is 4.24. The number of aromatic nitrogens is 2. The monoisotopic (exact) mass is 268 g/mol. The van der Waals surface area contributed by atoms with Gasteiger partial charge in [0.15, 0.2) is 0 Å². The first-order chi connectivity index (χ1) is 8.66. The summed E-state index contributed by atoms with van der Waals surface area (Å²) in [7, 11) is 0. The molecule has 98 valence electrons. The summed E-state index contributed by atoms with van der Waals surface area (Å²) < 4.78 is 0. The molecule has 0 radical (unpaired) electrons. The number of thioether (sulfide) groups is 1. The zero-order valence-electron chi connectivity index (χ0n) is 10.2. The minimum atomic E-state index is -0.377. The third-order valence-corrected chi connectivity index (χ3v) is 3.73. The van der Waals surface area contributed by atoms with Gasteiger partial charge in [-0.1, -0.05) is 11.8 Å². The van der Waals surface area contributed by atoms with E-state index in [1.165, 1.54) is 5.56 Å². The molecule has 0 aliphatic carbocycles. The SMILES string of the molecule is Cc1[nH]ncc1CCCNC(=O)C1CSC(=O)N1.